The van der Waals surface area contributed by atoms with Crippen LogP contribution in [0.3, 0.4) is 0 Å². The molecule has 1 aliphatic heterocycles. The molecule has 3 N–H and O–H groups in total. The minimum Gasteiger partial charge on any atom is -0.328 e. The van der Waals surface area contributed by atoms with Crippen molar-refractivity contribution in [3.05, 3.63) is 29.8 Å². The summed E-state index contributed by atoms with van der Waals surface area (Å²) in [6.45, 7) is 3.18. The lowest BCUT2D eigenvalue weighted by molar-refractivity contribution is -0.120. The Labute approximate surface area is 167 Å². The average molecular weight is 406 g/mol. The number of hydrogen-bond donors (Lipinski definition) is 2. The number of thioether (sulfide) groups is 1. The molecule has 1 amide bonds. The van der Waals surface area contributed by atoms with E-state index in [1.807, 2.05) is 23.9 Å². The molecule has 3 rings (SSSR count). The Kier molecular flexibility index (Phi) is 10.2. The molecule has 0 radical (unpaired) electrons. The van der Waals surface area contributed by atoms with E-state index in [0.29, 0.717) is 0 Å². The van der Waals surface area contributed by atoms with E-state index in [4.69, 9.17) is 5.73 Å². The average Bonchev–Trinajstić information content (AvgIpc) is 2.57. The van der Waals surface area contributed by atoms with Crippen LogP contribution in [-0.4, -0.2) is 41.4 Å². The molecular formula is C18H29Cl2N3OS. The predicted molar refractivity (Wildman–Crippen MR) is 112 cm³/mol. The van der Waals surface area contributed by atoms with Gasteiger partial charge < -0.3 is 11.1 Å². The van der Waals surface area contributed by atoms with Gasteiger partial charge in [0, 0.05) is 48.8 Å². The van der Waals surface area contributed by atoms with Gasteiger partial charge in [-0.2, -0.15) is 11.8 Å². The van der Waals surface area contributed by atoms with Crippen LogP contribution in [0.4, 0.5) is 5.69 Å². The monoisotopic (exact) mass is 405 g/mol. The van der Waals surface area contributed by atoms with Gasteiger partial charge in [0.05, 0.1) is 0 Å². The van der Waals surface area contributed by atoms with E-state index in [-0.39, 0.29) is 42.7 Å². The van der Waals surface area contributed by atoms with Gasteiger partial charge in [-0.1, -0.05) is 24.6 Å². The number of amides is 1. The molecule has 142 valence electrons. The molecule has 2 aliphatic rings. The molecule has 0 spiro atoms. The first-order valence-corrected chi connectivity index (χ1v) is 9.82. The van der Waals surface area contributed by atoms with E-state index in [9.17, 15) is 4.79 Å². The molecule has 7 heteroatoms. The lowest BCUT2D eigenvalue weighted by Gasteiger charge is -2.28. The fourth-order valence-corrected chi connectivity index (χ4v) is 4.46. The molecule has 1 aliphatic carbocycles. The number of para-hydroxylation sites is 1. The van der Waals surface area contributed by atoms with Gasteiger partial charge in [-0.3, -0.25) is 9.69 Å². The number of hydrogen-bond acceptors (Lipinski definition) is 4. The summed E-state index contributed by atoms with van der Waals surface area (Å²) in [5.41, 5.74) is 8.20. The van der Waals surface area contributed by atoms with Crippen LogP contribution in [0.1, 0.15) is 31.2 Å². The number of carbonyl (C=O) groups excluding carboxylic acids is 1. The van der Waals surface area contributed by atoms with Crippen LogP contribution >= 0.6 is 36.6 Å². The lowest BCUT2D eigenvalue weighted by Crippen LogP contribution is -2.35. The van der Waals surface area contributed by atoms with Gasteiger partial charge in [0.2, 0.25) is 5.91 Å². The molecule has 2 fully saturated rings. The van der Waals surface area contributed by atoms with E-state index in [1.54, 1.807) is 0 Å². The van der Waals surface area contributed by atoms with E-state index in [1.165, 1.54) is 17.1 Å². The van der Waals surface area contributed by atoms with Crippen molar-refractivity contribution in [3.8, 4) is 0 Å². The Morgan fingerprint density at radius 1 is 1.20 bits per heavy atom. The third-order valence-corrected chi connectivity index (χ3v) is 5.80. The van der Waals surface area contributed by atoms with Crippen molar-refractivity contribution in [2.75, 3.05) is 29.9 Å². The smallest absolute Gasteiger partial charge is 0.227 e. The molecule has 1 saturated carbocycles. The van der Waals surface area contributed by atoms with E-state index >= 15 is 0 Å². The van der Waals surface area contributed by atoms with Crippen LogP contribution in [0, 0.1) is 5.92 Å². The topological polar surface area (TPSA) is 58.4 Å². The molecule has 1 aromatic carbocycles. The highest BCUT2D eigenvalue weighted by atomic mass is 35.5. The van der Waals surface area contributed by atoms with Crippen LogP contribution in [0.25, 0.3) is 0 Å². The van der Waals surface area contributed by atoms with Gasteiger partial charge >= 0.3 is 0 Å². The zero-order valence-electron chi connectivity index (χ0n) is 14.5. The maximum Gasteiger partial charge on any atom is 0.227 e. The highest BCUT2D eigenvalue weighted by molar-refractivity contribution is 7.99. The summed E-state index contributed by atoms with van der Waals surface area (Å²) in [5.74, 6) is 2.61. The largest absolute Gasteiger partial charge is 0.328 e. The number of nitrogens with two attached hydrogens (primary N) is 1. The molecule has 1 aromatic rings. The Morgan fingerprint density at radius 3 is 2.64 bits per heavy atom. The maximum atomic E-state index is 12.6. The summed E-state index contributed by atoms with van der Waals surface area (Å²) >= 11 is 2.02. The second kappa shape index (κ2) is 11.3. The molecule has 0 aromatic heterocycles. The number of nitrogens with one attached hydrogen (secondary N) is 1. The first-order chi connectivity index (χ1) is 11.2. The SMILES string of the molecule is Cl.Cl.NC1CCCC(C(=O)Nc2ccccc2CN2CCSCC2)C1. The van der Waals surface area contributed by atoms with Crippen molar-refractivity contribution in [1.29, 1.82) is 0 Å². The molecule has 1 heterocycles. The first kappa shape index (κ1) is 22.6. The third kappa shape index (κ3) is 6.65. The second-order valence-electron chi connectivity index (χ2n) is 6.66. The maximum absolute atomic E-state index is 12.6. The number of rotatable bonds is 4. The number of nitrogens with zero attached hydrogens (tertiary/aromatic N) is 1. The highest BCUT2D eigenvalue weighted by Gasteiger charge is 2.25. The quantitative estimate of drug-likeness (QED) is 0.803. The molecule has 4 nitrogen and oxygen atoms in total. The van der Waals surface area contributed by atoms with E-state index < -0.39 is 0 Å². The Balaban J connectivity index is 0.00000156. The van der Waals surface area contributed by atoms with Crippen LogP contribution < -0.4 is 11.1 Å². The highest BCUT2D eigenvalue weighted by Crippen LogP contribution is 2.26. The van der Waals surface area contributed by atoms with Crippen LogP contribution in [0.15, 0.2) is 24.3 Å². The standard InChI is InChI=1S/C18H27N3OS.2ClH/c19-16-6-3-5-14(12-16)18(22)20-17-7-2-1-4-15(17)13-21-8-10-23-11-9-21;;/h1-2,4,7,14,16H,3,5-6,8-13,19H2,(H,20,22);2*1H. The van der Waals surface area contributed by atoms with Crippen molar-refractivity contribution in [3.63, 3.8) is 0 Å². The van der Waals surface area contributed by atoms with Gasteiger partial charge in [-0.15, -0.1) is 24.8 Å². The molecule has 0 bridgehead atoms. The van der Waals surface area contributed by atoms with Crippen molar-refractivity contribution in [1.82, 2.24) is 4.90 Å². The van der Waals surface area contributed by atoms with Crippen LogP contribution in [0.2, 0.25) is 0 Å². The van der Waals surface area contributed by atoms with Crippen molar-refractivity contribution >= 4 is 48.2 Å². The summed E-state index contributed by atoms with van der Waals surface area (Å²) in [4.78, 5) is 15.0. The summed E-state index contributed by atoms with van der Waals surface area (Å²) < 4.78 is 0. The predicted octanol–water partition coefficient (Wildman–Crippen LogP) is 3.54. The van der Waals surface area contributed by atoms with Gasteiger partial charge in [0.1, 0.15) is 0 Å². The van der Waals surface area contributed by atoms with Crippen LogP contribution in [0.5, 0.6) is 0 Å². The Bertz CT molecular complexity index is 541. The normalized spacial score (nSPS) is 23.9. The summed E-state index contributed by atoms with van der Waals surface area (Å²) in [6.07, 6.45) is 3.89. The fraction of sp³-hybridized carbons (Fsp3) is 0.611. The Hall–Kier alpha value is -0.460. The zero-order chi connectivity index (χ0) is 16.1. The summed E-state index contributed by atoms with van der Waals surface area (Å²) in [5, 5.41) is 3.16. The third-order valence-electron chi connectivity index (χ3n) is 4.86. The van der Waals surface area contributed by atoms with E-state index in [0.717, 1.165) is 51.0 Å². The zero-order valence-corrected chi connectivity index (χ0v) is 16.9. The molecular weight excluding hydrogens is 377 g/mol. The van der Waals surface area contributed by atoms with Gasteiger partial charge in [-0.25, -0.2) is 0 Å². The molecule has 2 atom stereocenters. The van der Waals surface area contributed by atoms with Crippen molar-refractivity contribution in [2.24, 2.45) is 11.7 Å². The lowest BCUT2D eigenvalue weighted by atomic mass is 9.85. The first-order valence-electron chi connectivity index (χ1n) is 8.67. The van der Waals surface area contributed by atoms with Gasteiger partial charge in [0.25, 0.3) is 0 Å². The molecule has 1 saturated heterocycles. The summed E-state index contributed by atoms with van der Waals surface area (Å²) in [7, 11) is 0. The number of carbonyl (C=O) groups is 1. The number of halogens is 2. The summed E-state index contributed by atoms with van der Waals surface area (Å²) in [6, 6.07) is 8.39. The van der Waals surface area contributed by atoms with Gasteiger partial charge in [0.15, 0.2) is 0 Å². The molecule has 2 unspecified atom stereocenters. The molecule has 25 heavy (non-hydrogen) atoms. The van der Waals surface area contributed by atoms with Gasteiger partial charge in [-0.05, 0) is 30.9 Å². The number of anilines is 1. The minimum atomic E-state index is 0. The second-order valence-corrected chi connectivity index (χ2v) is 7.88. The van der Waals surface area contributed by atoms with E-state index in [2.05, 4.69) is 22.3 Å². The van der Waals surface area contributed by atoms with Crippen LogP contribution in [-0.2, 0) is 11.3 Å². The number of benzene rings is 1. The van der Waals surface area contributed by atoms with Crippen molar-refractivity contribution < 1.29 is 4.79 Å². The van der Waals surface area contributed by atoms with Crippen molar-refractivity contribution in [2.45, 2.75) is 38.3 Å². The fourth-order valence-electron chi connectivity index (χ4n) is 3.48. The Morgan fingerprint density at radius 2 is 1.92 bits per heavy atom. The minimum absolute atomic E-state index is 0.